The van der Waals surface area contributed by atoms with Gasteiger partial charge in [0.2, 0.25) is 0 Å². The molecule has 0 saturated carbocycles. The van der Waals surface area contributed by atoms with E-state index in [0.717, 1.165) is 12.1 Å². The molecule has 0 aliphatic rings. The van der Waals surface area contributed by atoms with Gasteiger partial charge in [0.15, 0.2) is 5.03 Å². The van der Waals surface area contributed by atoms with Gasteiger partial charge in [-0.1, -0.05) is 37.3 Å². The molecular formula is C26H29F3N4O4S. The minimum atomic E-state index is -4.70. The van der Waals surface area contributed by atoms with Crippen molar-refractivity contribution in [1.29, 1.82) is 0 Å². The lowest BCUT2D eigenvalue weighted by Gasteiger charge is -2.28. The van der Waals surface area contributed by atoms with E-state index in [4.69, 9.17) is 5.11 Å². The second-order valence-corrected chi connectivity index (χ2v) is 10.5. The average Bonchev–Trinajstić information content (AvgIpc) is 2.85. The first kappa shape index (κ1) is 28.9. The number of anilines is 2. The molecule has 0 fully saturated rings. The Labute approximate surface area is 219 Å². The molecule has 3 aromatic rings. The number of hydrogen-bond acceptors (Lipinski definition) is 6. The average molecular weight is 551 g/mol. The van der Waals surface area contributed by atoms with Crippen LogP contribution in [-0.4, -0.2) is 42.0 Å². The Morgan fingerprint density at radius 2 is 1.76 bits per heavy atom. The van der Waals surface area contributed by atoms with Crippen LogP contribution in [0.3, 0.4) is 0 Å². The van der Waals surface area contributed by atoms with E-state index in [1.807, 2.05) is 13.8 Å². The zero-order valence-corrected chi connectivity index (χ0v) is 22.0. The Morgan fingerprint density at radius 3 is 2.39 bits per heavy atom. The Bertz CT molecular complexity index is 1400. The van der Waals surface area contributed by atoms with Gasteiger partial charge in [-0.25, -0.2) is 9.97 Å². The number of nitrogens with zero attached hydrogens (tertiary/aromatic N) is 3. The lowest BCUT2D eigenvalue weighted by molar-refractivity contribution is -0.138. The van der Waals surface area contributed by atoms with Crippen molar-refractivity contribution < 1.29 is 31.5 Å². The first-order valence-corrected chi connectivity index (χ1v) is 13.5. The first-order chi connectivity index (χ1) is 17.8. The minimum Gasteiger partial charge on any atom is -0.481 e. The number of benzene rings is 1. The summed E-state index contributed by atoms with van der Waals surface area (Å²) in [5.74, 6) is -0.897. The summed E-state index contributed by atoms with van der Waals surface area (Å²) in [7, 11) is -4.32. The second kappa shape index (κ2) is 11.8. The van der Waals surface area contributed by atoms with Gasteiger partial charge in [-0.15, -0.1) is 0 Å². The Kier molecular flexibility index (Phi) is 8.97. The maximum absolute atomic E-state index is 13.8. The van der Waals surface area contributed by atoms with Gasteiger partial charge in [-0.2, -0.15) is 21.6 Å². The summed E-state index contributed by atoms with van der Waals surface area (Å²) in [5.41, 5.74) is -0.453. The van der Waals surface area contributed by atoms with Crippen LogP contribution in [0.2, 0.25) is 0 Å². The summed E-state index contributed by atoms with van der Waals surface area (Å²) in [5, 5.41) is 8.57. The topological polar surface area (TPSA) is 112 Å². The summed E-state index contributed by atoms with van der Waals surface area (Å²) >= 11 is 0. The predicted octanol–water partition coefficient (Wildman–Crippen LogP) is 5.61. The van der Waals surface area contributed by atoms with Crippen LogP contribution in [0.1, 0.15) is 44.7 Å². The minimum absolute atomic E-state index is 0.0498. The number of alkyl halides is 3. The van der Waals surface area contributed by atoms with E-state index in [1.54, 1.807) is 36.1 Å². The van der Waals surface area contributed by atoms with Crippen LogP contribution in [0.4, 0.5) is 24.8 Å². The van der Waals surface area contributed by atoms with Crippen LogP contribution in [-0.2, 0) is 27.4 Å². The molecule has 0 amide bonds. The van der Waals surface area contributed by atoms with E-state index in [1.165, 1.54) is 18.2 Å². The van der Waals surface area contributed by atoms with Gasteiger partial charge in [-0.05, 0) is 56.5 Å². The number of rotatable bonds is 11. The van der Waals surface area contributed by atoms with Crippen molar-refractivity contribution in [1.82, 2.24) is 9.97 Å². The van der Waals surface area contributed by atoms with Crippen molar-refractivity contribution in [2.75, 3.05) is 16.2 Å². The van der Waals surface area contributed by atoms with E-state index >= 15 is 0 Å². The first-order valence-electron chi connectivity index (χ1n) is 12.0. The van der Waals surface area contributed by atoms with Crippen molar-refractivity contribution >= 4 is 27.6 Å². The number of carboxylic acids is 1. The summed E-state index contributed by atoms with van der Waals surface area (Å²) < 4.78 is 70.0. The van der Waals surface area contributed by atoms with E-state index in [0.29, 0.717) is 30.8 Å². The molecule has 0 radical (unpaired) electrons. The van der Waals surface area contributed by atoms with Crippen LogP contribution < -0.4 is 9.62 Å². The number of hydrogen-bond donors (Lipinski definition) is 2. The molecule has 38 heavy (non-hydrogen) atoms. The molecule has 0 aliphatic heterocycles. The number of aryl methyl sites for hydroxylation is 1. The molecule has 2 heterocycles. The second-order valence-electron chi connectivity index (χ2n) is 8.83. The maximum Gasteiger partial charge on any atom is 0.418 e. The molecule has 0 aliphatic carbocycles. The number of aliphatic carboxylic acids is 1. The number of carbonyl (C=O) groups is 1. The molecule has 12 heteroatoms. The van der Waals surface area contributed by atoms with Crippen LogP contribution in [0.25, 0.3) is 11.3 Å². The largest absolute Gasteiger partial charge is 0.481 e. The van der Waals surface area contributed by atoms with Crippen LogP contribution >= 0.6 is 0 Å². The van der Waals surface area contributed by atoms with Gasteiger partial charge >= 0.3 is 12.1 Å². The normalized spacial score (nSPS) is 12.0. The summed E-state index contributed by atoms with van der Waals surface area (Å²) in [6.45, 7) is 5.88. The monoisotopic (exact) mass is 550 g/mol. The molecule has 0 saturated heterocycles. The van der Waals surface area contributed by atoms with Crippen molar-refractivity contribution in [2.45, 2.75) is 57.3 Å². The summed E-state index contributed by atoms with van der Waals surface area (Å²) in [6, 6.07) is 12.6. The van der Waals surface area contributed by atoms with Crippen molar-refractivity contribution in [2.24, 2.45) is 0 Å². The fraction of sp³-hybridized carbons (Fsp3) is 0.346. The number of pyridine rings is 2. The molecule has 3 rings (SSSR count). The third-order valence-electron chi connectivity index (χ3n) is 5.78. The molecule has 1 aromatic carbocycles. The SMILES string of the molecule is CCc1ccccc1-c1nc(NS(=O)(=O)c2cccc(N(CCCC(=O)O)C(C)C)n2)ccc1C(F)(F)F. The zero-order valence-electron chi connectivity index (χ0n) is 21.2. The highest BCUT2D eigenvalue weighted by molar-refractivity contribution is 7.92. The van der Waals surface area contributed by atoms with Crippen LogP contribution in [0.5, 0.6) is 0 Å². The fourth-order valence-electron chi connectivity index (χ4n) is 3.95. The van der Waals surface area contributed by atoms with Gasteiger partial charge < -0.3 is 10.0 Å². The van der Waals surface area contributed by atoms with Crippen molar-refractivity contribution in [3.63, 3.8) is 0 Å². The number of carboxylic acid groups (broad SMARTS) is 1. The molecular weight excluding hydrogens is 521 g/mol. The van der Waals surface area contributed by atoms with Gasteiger partial charge in [0, 0.05) is 24.6 Å². The Hall–Kier alpha value is -3.67. The van der Waals surface area contributed by atoms with Crippen molar-refractivity contribution in [3.8, 4) is 11.3 Å². The maximum atomic E-state index is 13.8. The summed E-state index contributed by atoms with van der Waals surface area (Å²) in [6.07, 6.45) is -3.95. The summed E-state index contributed by atoms with van der Waals surface area (Å²) in [4.78, 5) is 21.0. The molecule has 0 atom stereocenters. The van der Waals surface area contributed by atoms with Gasteiger partial charge in [0.25, 0.3) is 10.0 Å². The lowest BCUT2D eigenvalue weighted by Crippen LogP contribution is -2.33. The van der Waals surface area contributed by atoms with Gasteiger partial charge in [-0.3, -0.25) is 9.52 Å². The third-order valence-corrected chi connectivity index (χ3v) is 7.04. The van der Waals surface area contributed by atoms with Crippen molar-refractivity contribution in [3.05, 3.63) is 65.7 Å². The molecule has 2 aromatic heterocycles. The van der Waals surface area contributed by atoms with E-state index in [-0.39, 0.29) is 34.6 Å². The highest BCUT2D eigenvalue weighted by Gasteiger charge is 2.35. The Balaban J connectivity index is 1.97. The quantitative estimate of drug-likeness (QED) is 0.319. The molecule has 0 bridgehead atoms. The fourth-order valence-corrected chi connectivity index (χ4v) is 4.92. The molecule has 204 valence electrons. The standard InChI is InChI=1S/C26H29F3N4O4S/c1-4-18-9-5-6-10-19(18)25-20(26(27,28)29)14-15-21(30-25)32-38(36,37)23-12-7-11-22(31-23)33(17(2)3)16-8-13-24(34)35/h5-7,9-12,14-15,17H,4,8,13,16H2,1-3H3,(H,30,32)(H,34,35). The van der Waals surface area contributed by atoms with E-state index in [2.05, 4.69) is 14.7 Å². The molecule has 2 N–H and O–H groups in total. The van der Waals surface area contributed by atoms with Crippen LogP contribution in [0, 0.1) is 0 Å². The zero-order chi connectivity index (χ0) is 28.1. The number of nitrogens with one attached hydrogen (secondary N) is 1. The molecule has 0 spiro atoms. The predicted molar refractivity (Wildman–Crippen MR) is 138 cm³/mol. The van der Waals surface area contributed by atoms with E-state index in [9.17, 15) is 26.4 Å². The highest BCUT2D eigenvalue weighted by Crippen LogP contribution is 2.38. The van der Waals surface area contributed by atoms with Gasteiger partial charge in [0.05, 0.1) is 11.3 Å². The number of sulfonamides is 1. The number of aromatic nitrogens is 2. The van der Waals surface area contributed by atoms with Crippen LogP contribution in [0.15, 0.2) is 59.6 Å². The third kappa shape index (κ3) is 7.00. The Morgan fingerprint density at radius 1 is 1.05 bits per heavy atom. The smallest absolute Gasteiger partial charge is 0.418 e. The molecule has 8 nitrogen and oxygen atoms in total. The molecule has 0 unspecified atom stereocenters. The lowest BCUT2D eigenvalue weighted by atomic mass is 9.98. The van der Waals surface area contributed by atoms with Gasteiger partial charge in [0.1, 0.15) is 11.6 Å². The van der Waals surface area contributed by atoms with E-state index < -0.39 is 27.7 Å². The number of halogens is 3. The highest BCUT2D eigenvalue weighted by atomic mass is 32.2.